The van der Waals surface area contributed by atoms with E-state index in [1.54, 1.807) is 0 Å². The van der Waals surface area contributed by atoms with Crippen molar-refractivity contribution in [2.75, 3.05) is 6.54 Å². The second-order valence-corrected chi connectivity index (χ2v) is 5.74. The van der Waals surface area contributed by atoms with E-state index in [0.717, 1.165) is 13.0 Å². The summed E-state index contributed by atoms with van der Waals surface area (Å²) in [7, 11) is 0. The van der Waals surface area contributed by atoms with Gasteiger partial charge in [0.2, 0.25) is 0 Å². The fraction of sp³-hybridized carbons (Fsp3) is 0.889. The smallest absolute Gasteiger partial charge is 0.00698 e. The van der Waals surface area contributed by atoms with Crippen LogP contribution >= 0.6 is 0 Å². The molecular formula is C18H37N. The molecule has 1 nitrogen and oxygen atoms in total. The average molecular weight is 268 g/mol. The maximum absolute atomic E-state index is 3.82. The van der Waals surface area contributed by atoms with Crippen molar-refractivity contribution in [3.05, 3.63) is 12.7 Å². The minimum atomic E-state index is 0.715. The van der Waals surface area contributed by atoms with Gasteiger partial charge in [0.25, 0.3) is 0 Å². The Kier molecular flexibility index (Phi) is 15.5. The van der Waals surface area contributed by atoms with Gasteiger partial charge in [-0.15, -0.1) is 6.58 Å². The zero-order valence-electron chi connectivity index (χ0n) is 13.6. The van der Waals surface area contributed by atoms with E-state index < -0.39 is 0 Å². The summed E-state index contributed by atoms with van der Waals surface area (Å²) in [4.78, 5) is 0. The van der Waals surface area contributed by atoms with Crippen molar-refractivity contribution in [2.24, 2.45) is 0 Å². The molecule has 0 aromatic carbocycles. The Bertz CT molecular complexity index is 177. The van der Waals surface area contributed by atoms with Crippen molar-refractivity contribution in [3.63, 3.8) is 0 Å². The third-order valence-corrected chi connectivity index (χ3v) is 3.87. The van der Waals surface area contributed by atoms with Crippen molar-refractivity contribution in [2.45, 2.75) is 96.9 Å². The van der Waals surface area contributed by atoms with Gasteiger partial charge in [-0.3, -0.25) is 0 Å². The number of unbranched alkanes of at least 4 members (excludes halogenated alkanes) is 8. The minimum absolute atomic E-state index is 0.715. The molecule has 0 amide bonds. The van der Waals surface area contributed by atoms with Crippen molar-refractivity contribution < 1.29 is 0 Å². The number of rotatable bonds is 15. The molecule has 0 aromatic rings. The summed E-state index contributed by atoms with van der Waals surface area (Å²) in [5.74, 6) is 0. The Morgan fingerprint density at radius 3 is 1.95 bits per heavy atom. The van der Waals surface area contributed by atoms with Crippen LogP contribution in [0.4, 0.5) is 0 Å². The SMILES string of the molecule is C=CCCC(CCCCCCCCCCC)NCC. The molecule has 0 aliphatic rings. The Morgan fingerprint density at radius 1 is 0.842 bits per heavy atom. The molecule has 0 saturated carbocycles. The second kappa shape index (κ2) is 15.8. The summed E-state index contributed by atoms with van der Waals surface area (Å²) in [6.07, 6.45) is 18.6. The van der Waals surface area contributed by atoms with E-state index >= 15 is 0 Å². The van der Waals surface area contributed by atoms with Gasteiger partial charge in [0, 0.05) is 6.04 Å². The molecule has 114 valence electrons. The highest BCUT2D eigenvalue weighted by atomic mass is 14.9. The zero-order valence-corrected chi connectivity index (χ0v) is 13.6. The Balaban J connectivity index is 3.31. The fourth-order valence-corrected chi connectivity index (χ4v) is 2.66. The van der Waals surface area contributed by atoms with E-state index in [0.29, 0.717) is 6.04 Å². The minimum Gasteiger partial charge on any atom is -0.314 e. The first kappa shape index (κ1) is 18.7. The molecule has 1 N–H and O–H groups in total. The van der Waals surface area contributed by atoms with Gasteiger partial charge in [0.05, 0.1) is 0 Å². The maximum Gasteiger partial charge on any atom is 0.00698 e. The van der Waals surface area contributed by atoms with E-state index in [1.165, 1.54) is 70.6 Å². The van der Waals surface area contributed by atoms with Gasteiger partial charge in [0.15, 0.2) is 0 Å². The normalized spacial score (nSPS) is 12.5. The van der Waals surface area contributed by atoms with E-state index in [9.17, 15) is 0 Å². The predicted octanol–water partition coefficient (Wildman–Crippen LogP) is 5.85. The molecule has 1 atom stereocenters. The number of hydrogen-bond donors (Lipinski definition) is 1. The van der Waals surface area contributed by atoms with Crippen molar-refractivity contribution in [3.8, 4) is 0 Å². The first-order valence-corrected chi connectivity index (χ1v) is 8.69. The predicted molar refractivity (Wildman–Crippen MR) is 88.7 cm³/mol. The third-order valence-electron chi connectivity index (χ3n) is 3.87. The van der Waals surface area contributed by atoms with Gasteiger partial charge in [-0.25, -0.2) is 0 Å². The van der Waals surface area contributed by atoms with Crippen LogP contribution < -0.4 is 5.32 Å². The van der Waals surface area contributed by atoms with Crippen molar-refractivity contribution in [1.29, 1.82) is 0 Å². The monoisotopic (exact) mass is 267 g/mol. The summed E-state index contributed by atoms with van der Waals surface area (Å²) in [6.45, 7) is 9.40. The highest BCUT2D eigenvalue weighted by Crippen LogP contribution is 2.13. The Hall–Kier alpha value is -0.300. The van der Waals surface area contributed by atoms with Crippen LogP contribution in [-0.4, -0.2) is 12.6 Å². The third kappa shape index (κ3) is 13.9. The molecule has 0 radical (unpaired) electrons. The first-order valence-electron chi connectivity index (χ1n) is 8.69. The van der Waals surface area contributed by atoms with Crippen LogP contribution in [0.5, 0.6) is 0 Å². The maximum atomic E-state index is 3.82. The molecule has 1 heteroatoms. The van der Waals surface area contributed by atoms with Crippen LogP contribution in [0, 0.1) is 0 Å². The van der Waals surface area contributed by atoms with E-state index in [1.807, 2.05) is 6.08 Å². The molecule has 0 aliphatic heterocycles. The van der Waals surface area contributed by atoms with Gasteiger partial charge in [0.1, 0.15) is 0 Å². The van der Waals surface area contributed by atoms with Crippen LogP contribution in [0.25, 0.3) is 0 Å². The zero-order chi connectivity index (χ0) is 14.2. The lowest BCUT2D eigenvalue weighted by atomic mass is 10.0. The molecule has 0 fully saturated rings. The number of hydrogen-bond acceptors (Lipinski definition) is 1. The Labute approximate surface area is 122 Å². The molecule has 0 bridgehead atoms. The standard InChI is InChI=1S/C18H37N/c1-4-7-9-10-11-12-13-14-15-17-18(19-6-3)16-8-5-2/h5,18-19H,2,4,6-17H2,1,3H3. The van der Waals surface area contributed by atoms with Gasteiger partial charge < -0.3 is 5.32 Å². The van der Waals surface area contributed by atoms with E-state index in [2.05, 4.69) is 25.7 Å². The molecule has 0 aliphatic carbocycles. The fourth-order valence-electron chi connectivity index (χ4n) is 2.66. The van der Waals surface area contributed by atoms with Crippen LogP contribution in [-0.2, 0) is 0 Å². The van der Waals surface area contributed by atoms with Crippen LogP contribution in [0.1, 0.15) is 90.9 Å². The number of nitrogens with one attached hydrogen (secondary N) is 1. The molecule has 0 rings (SSSR count). The topological polar surface area (TPSA) is 12.0 Å². The van der Waals surface area contributed by atoms with Crippen molar-refractivity contribution >= 4 is 0 Å². The molecule has 0 saturated heterocycles. The molecule has 19 heavy (non-hydrogen) atoms. The highest BCUT2D eigenvalue weighted by Gasteiger charge is 2.05. The van der Waals surface area contributed by atoms with Crippen molar-refractivity contribution in [1.82, 2.24) is 5.32 Å². The molecule has 1 unspecified atom stereocenters. The van der Waals surface area contributed by atoms with Gasteiger partial charge in [-0.05, 0) is 25.8 Å². The van der Waals surface area contributed by atoms with Gasteiger partial charge >= 0.3 is 0 Å². The molecule has 0 spiro atoms. The average Bonchev–Trinajstić information content (AvgIpc) is 2.42. The van der Waals surface area contributed by atoms with E-state index in [4.69, 9.17) is 0 Å². The first-order chi connectivity index (χ1) is 9.35. The largest absolute Gasteiger partial charge is 0.314 e. The summed E-state index contributed by atoms with van der Waals surface area (Å²) in [6, 6.07) is 0.715. The summed E-state index contributed by atoms with van der Waals surface area (Å²) in [5.41, 5.74) is 0. The molecular weight excluding hydrogens is 230 g/mol. The second-order valence-electron chi connectivity index (χ2n) is 5.74. The van der Waals surface area contributed by atoms with Gasteiger partial charge in [-0.2, -0.15) is 0 Å². The lowest BCUT2D eigenvalue weighted by Gasteiger charge is -2.16. The molecule has 0 aromatic heterocycles. The molecule has 0 heterocycles. The van der Waals surface area contributed by atoms with Crippen LogP contribution in [0.15, 0.2) is 12.7 Å². The summed E-state index contributed by atoms with van der Waals surface area (Å²) in [5, 5.41) is 3.59. The van der Waals surface area contributed by atoms with Gasteiger partial charge in [-0.1, -0.05) is 77.7 Å². The van der Waals surface area contributed by atoms with E-state index in [-0.39, 0.29) is 0 Å². The lowest BCUT2D eigenvalue weighted by molar-refractivity contribution is 0.440. The lowest BCUT2D eigenvalue weighted by Crippen LogP contribution is -2.28. The summed E-state index contributed by atoms with van der Waals surface area (Å²) >= 11 is 0. The number of allylic oxidation sites excluding steroid dienone is 1. The Morgan fingerprint density at radius 2 is 1.42 bits per heavy atom. The summed E-state index contributed by atoms with van der Waals surface area (Å²) < 4.78 is 0. The quantitative estimate of drug-likeness (QED) is 0.290. The van der Waals surface area contributed by atoms with Crippen LogP contribution in [0.2, 0.25) is 0 Å². The highest BCUT2D eigenvalue weighted by molar-refractivity contribution is 4.73. The van der Waals surface area contributed by atoms with Crippen LogP contribution in [0.3, 0.4) is 0 Å².